The molecule has 0 heterocycles. The SMILES string of the molecule is CCC(C)(O)CNCc1ccccc1C(N)=O. The zero-order valence-corrected chi connectivity index (χ0v) is 10.4. The first-order valence-electron chi connectivity index (χ1n) is 5.77. The molecule has 4 heteroatoms. The van der Waals surface area contributed by atoms with Crippen molar-refractivity contribution in [1.82, 2.24) is 5.32 Å². The number of nitrogens with two attached hydrogens (primary N) is 1. The molecule has 1 unspecified atom stereocenters. The van der Waals surface area contributed by atoms with Gasteiger partial charge in [0.1, 0.15) is 0 Å². The monoisotopic (exact) mass is 236 g/mol. The second-order valence-corrected chi connectivity index (χ2v) is 4.48. The van der Waals surface area contributed by atoms with Gasteiger partial charge >= 0.3 is 0 Å². The minimum atomic E-state index is -0.721. The van der Waals surface area contributed by atoms with Gasteiger partial charge in [-0.15, -0.1) is 0 Å². The zero-order chi connectivity index (χ0) is 12.9. The molecule has 0 aliphatic carbocycles. The highest BCUT2D eigenvalue weighted by molar-refractivity contribution is 5.94. The van der Waals surface area contributed by atoms with E-state index in [0.717, 1.165) is 5.56 Å². The first-order chi connectivity index (χ1) is 7.96. The van der Waals surface area contributed by atoms with Crippen molar-refractivity contribution >= 4 is 5.91 Å². The Morgan fingerprint density at radius 2 is 2.12 bits per heavy atom. The predicted octanol–water partition coefficient (Wildman–Crippen LogP) is 1.04. The Bertz CT molecular complexity index is 389. The number of rotatable bonds is 6. The van der Waals surface area contributed by atoms with Gasteiger partial charge in [0.05, 0.1) is 5.60 Å². The van der Waals surface area contributed by atoms with E-state index < -0.39 is 11.5 Å². The molecular formula is C13H20N2O2. The standard InChI is InChI=1S/C13H20N2O2/c1-3-13(2,17)9-15-8-10-6-4-5-7-11(10)12(14)16/h4-7,15,17H,3,8-9H2,1-2H3,(H2,14,16). The average Bonchev–Trinajstić information content (AvgIpc) is 2.29. The van der Waals surface area contributed by atoms with E-state index in [1.165, 1.54) is 0 Å². The van der Waals surface area contributed by atoms with Crippen molar-refractivity contribution in [2.75, 3.05) is 6.54 Å². The zero-order valence-electron chi connectivity index (χ0n) is 10.4. The predicted molar refractivity (Wildman–Crippen MR) is 67.6 cm³/mol. The maximum absolute atomic E-state index is 11.2. The number of carbonyl (C=O) groups is 1. The van der Waals surface area contributed by atoms with Crippen LogP contribution >= 0.6 is 0 Å². The number of primary amides is 1. The maximum atomic E-state index is 11.2. The Morgan fingerprint density at radius 3 is 2.71 bits per heavy atom. The Morgan fingerprint density at radius 1 is 1.47 bits per heavy atom. The van der Waals surface area contributed by atoms with Gasteiger partial charge in [-0.1, -0.05) is 25.1 Å². The summed E-state index contributed by atoms with van der Waals surface area (Å²) in [6.45, 7) is 4.71. The molecule has 0 saturated heterocycles. The van der Waals surface area contributed by atoms with E-state index in [-0.39, 0.29) is 0 Å². The van der Waals surface area contributed by atoms with E-state index >= 15 is 0 Å². The topological polar surface area (TPSA) is 75.3 Å². The third-order valence-electron chi connectivity index (χ3n) is 2.87. The van der Waals surface area contributed by atoms with Crippen LogP contribution in [0.25, 0.3) is 0 Å². The van der Waals surface area contributed by atoms with Crippen molar-refractivity contribution in [3.05, 3.63) is 35.4 Å². The van der Waals surface area contributed by atoms with Crippen LogP contribution in [0.5, 0.6) is 0 Å². The van der Waals surface area contributed by atoms with E-state index in [1.54, 1.807) is 19.1 Å². The molecule has 0 saturated carbocycles. The second kappa shape index (κ2) is 5.80. The minimum absolute atomic E-state index is 0.426. The van der Waals surface area contributed by atoms with Crippen LogP contribution in [0.3, 0.4) is 0 Å². The fourth-order valence-corrected chi connectivity index (χ4v) is 1.51. The summed E-state index contributed by atoms with van der Waals surface area (Å²) in [6.07, 6.45) is 0.678. The van der Waals surface area contributed by atoms with E-state index in [9.17, 15) is 9.90 Å². The Balaban J connectivity index is 2.61. The summed E-state index contributed by atoms with van der Waals surface area (Å²) in [6, 6.07) is 7.21. The summed E-state index contributed by atoms with van der Waals surface area (Å²) in [5, 5.41) is 13.0. The van der Waals surface area contributed by atoms with Gasteiger partial charge in [-0.05, 0) is 25.0 Å². The average molecular weight is 236 g/mol. The summed E-state index contributed by atoms with van der Waals surface area (Å²) in [7, 11) is 0. The number of amides is 1. The molecule has 0 spiro atoms. The number of aliphatic hydroxyl groups is 1. The molecular weight excluding hydrogens is 216 g/mol. The summed E-state index contributed by atoms with van der Waals surface area (Å²) in [5.41, 5.74) is 5.94. The maximum Gasteiger partial charge on any atom is 0.249 e. The van der Waals surface area contributed by atoms with Crippen molar-refractivity contribution in [2.45, 2.75) is 32.4 Å². The van der Waals surface area contributed by atoms with Gasteiger partial charge in [-0.2, -0.15) is 0 Å². The van der Waals surface area contributed by atoms with Gasteiger partial charge in [0.25, 0.3) is 0 Å². The molecule has 0 fully saturated rings. The van der Waals surface area contributed by atoms with E-state index in [2.05, 4.69) is 5.32 Å². The fourth-order valence-electron chi connectivity index (χ4n) is 1.51. The summed E-state index contributed by atoms with van der Waals surface area (Å²) in [4.78, 5) is 11.2. The van der Waals surface area contributed by atoms with Gasteiger partial charge in [0, 0.05) is 18.7 Å². The molecule has 94 valence electrons. The molecule has 1 aromatic carbocycles. The van der Waals surface area contributed by atoms with Gasteiger partial charge in [0.15, 0.2) is 0 Å². The third kappa shape index (κ3) is 4.17. The van der Waals surface area contributed by atoms with Crippen LogP contribution < -0.4 is 11.1 Å². The van der Waals surface area contributed by atoms with Gasteiger partial charge < -0.3 is 16.2 Å². The highest BCUT2D eigenvalue weighted by atomic mass is 16.3. The smallest absolute Gasteiger partial charge is 0.249 e. The second-order valence-electron chi connectivity index (χ2n) is 4.48. The van der Waals surface area contributed by atoms with Crippen LogP contribution in [0.2, 0.25) is 0 Å². The minimum Gasteiger partial charge on any atom is -0.389 e. The lowest BCUT2D eigenvalue weighted by Gasteiger charge is -2.21. The number of carbonyl (C=O) groups excluding carboxylic acids is 1. The van der Waals surface area contributed by atoms with E-state index in [1.807, 2.05) is 19.1 Å². The molecule has 17 heavy (non-hydrogen) atoms. The highest BCUT2D eigenvalue weighted by Crippen LogP contribution is 2.09. The first-order valence-corrected chi connectivity index (χ1v) is 5.77. The summed E-state index contributed by atoms with van der Waals surface area (Å²) < 4.78 is 0. The molecule has 4 nitrogen and oxygen atoms in total. The molecule has 0 aliphatic heterocycles. The van der Waals surface area contributed by atoms with Crippen LogP contribution in [0.1, 0.15) is 36.2 Å². The van der Waals surface area contributed by atoms with Crippen molar-refractivity contribution < 1.29 is 9.90 Å². The molecule has 0 bridgehead atoms. The lowest BCUT2D eigenvalue weighted by atomic mass is 10.0. The van der Waals surface area contributed by atoms with Crippen LogP contribution in [-0.2, 0) is 6.54 Å². The largest absolute Gasteiger partial charge is 0.389 e. The van der Waals surface area contributed by atoms with Crippen LogP contribution in [-0.4, -0.2) is 23.2 Å². The van der Waals surface area contributed by atoms with Gasteiger partial charge in [-0.25, -0.2) is 0 Å². The molecule has 0 radical (unpaired) electrons. The van der Waals surface area contributed by atoms with Crippen molar-refractivity contribution in [1.29, 1.82) is 0 Å². The molecule has 1 aromatic rings. The Labute approximate surface area is 102 Å². The quantitative estimate of drug-likeness (QED) is 0.690. The lowest BCUT2D eigenvalue weighted by molar-refractivity contribution is 0.0555. The first kappa shape index (κ1) is 13.7. The lowest BCUT2D eigenvalue weighted by Crippen LogP contribution is -2.37. The molecule has 0 aromatic heterocycles. The molecule has 1 rings (SSSR count). The number of hydrogen-bond acceptors (Lipinski definition) is 3. The number of hydrogen-bond donors (Lipinski definition) is 3. The molecule has 0 aliphatic rings. The van der Waals surface area contributed by atoms with E-state index in [0.29, 0.717) is 25.1 Å². The van der Waals surface area contributed by atoms with Crippen molar-refractivity contribution in [3.8, 4) is 0 Å². The highest BCUT2D eigenvalue weighted by Gasteiger charge is 2.16. The van der Waals surface area contributed by atoms with Crippen LogP contribution in [0, 0.1) is 0 Å². The summed E-state index contributed by atoms with van der Waals surface area (Å²) in [5.74, 6) is -0.426. The molecule has 1 atom stereocenters. The Hall–Kier alpha value is -1.39. The van der Waals surface area contributed by atoms with Gasteiger partial charge in [0.2, 0.25) is 5.91 Å². The van der Waals surface area contributed by atoms with Crippen LogP contribution in [0.4, 0.5) is 0 Å². The van der Waals surface area contributed by atoms with Crippen molar-refractivity contribution in [2.24, 2.45) is 5.73 Å². The van der Waals surface area contributed by atoms with E-state index in [4.69, 9.17) is 5.73 Å². The van der Waals surface area contributed by atoms with Gasteiger partial charge in [-0.3, -0.25) is 4.79 Å². The van der Waals surface area contributed by atoms with Crippen LogP contribution in [0.15, 0.2) is 24.3 Å². The number of benzene rings is 1. The molecule has 1 amide bonds. The third-order valence-corrected chi connectivity index (χ3v) is 2.87. The Kier molecular flexibility index (Phi) is 4.66. The van der Waals surface area contributed by atoms with Crippen molar-refractivity contribution in [3.63, 3.8) is 0 Å². The number of nitrogens with one attached hydrogen (secondary N) is 1. The normalized spacial score (nSPS) is 14.3. The fraction of sp³-hybridized carbons (Fsp3) is 0.462. The molecule has 4 N–H and O–H groups in total. The summed E-state index contributed by atoms with van der Waals surface area (Å²) >= 11 is 0.